The van der Waals surface area contributed by atoms with E-state index in [4.69, 9.17) is 23.7 Å². The van der Waals surface area contributed by atoms with Crippen LogP contribution >= 0.6 is 0 Å². The smallest absolute Gasteiger partial charge is 0.295 e. The minimum atomic E-state index is -0.881. The topological polar surface area (TPSA) is 104 Å². The molecular formula is C27H31NO8. The Morgan fingerprint density at radius 3 is 2.31 bits per heavy atom. The summed E-state index contributed by atoms with van der Waals surface area (Å²) in [6.45, 7) is 3.13. The summed E-state index contributed by atoms with van der Waals surface area (Å²) in [6, 6.07) is 9.33. The first-order valence-electron chi connectivity index (χ1n) is 11.9. The van der Waals surface area contributed by atoms with Crippen molar-refractivity contribution in [2.75, 3.05) is 41.1 Å². The number of Topliss-reactive ketones (excluding diaryl/α,β-unsaturated/α-hetero) is 1. The van der Waals surface area contributed by atoms with Crippen LogP contribution in [0.3, 0.4) is 0 Å². The largest absolute Gasteiger partial charge is 0.506 e. The predicted octanol–water partition coefficient (Wildman–Crippen LogP) is 3.71. The van der Waals surface area contributed by atoms with Gasteiger partial charge in [0.15, 0.2) is 11.5 Å². The normalized spacial score (nSPS) is 21.1. The van der Waals surface area contributed by atoms with Crippen molar-refractivity contribution in [1.82, 2.24) is 4.90 Å². The molecule has 0 spiro atoms. The lowest BCUT2D eigenvalue weighted by molar-refractivity contribution is -0.140. The van der Waals surface area contributed by atoms with Crippen LogP contribution in [0.2, 0.25) is 0 Å². The molecule has 0 radical (unpaired) electrons. The summed E-state index contributed by atoms with van der Waals surface area (Å²) in [5.74, 6) is -0.288. The molecule has 2 unspecified atom stereocenters. The van der Waals surface area contributed by atoms with E-state index in [-0.39, 0.29) is 29.5 Å². The number of aliphatic hydroxyl groups excluding tert-OH is 1. The second kappa shape index (κ2) is 10.9. The van der Waals surface area contributed by atoms with E-state index in [1.165, 1.54) is 26.2 Å². The summed E-state index contributed by atoms with van der Waals surface area (Å²) in [7, 11) is 4.43. The third-order valence-electron chi connectivity index (χ3n) is 6.43. The molecule has 2 aliphatic heterocycles. The molecule has 2 fully saturated rings. The SMILES string of the molecule is CCOc1ccc(C2/C(=C(\O)c3c(OC)cccc3OC)C(=O)C(=O)N2CC2CCCO2)cc1OC. The molecule has 4 rings (SSSR count). The highest BCUT2D eigenvalue weighted by molar-refractivity contribution is 6.46. The van der Waals surface area contributed by atoms with Gasteiger partial charge in [0.1, 0.15) is 22.8 Å². The summed E-state index contributed by atoms with van der Waals surface area (Å²) < 4.78 is 27.8. The standard InChI is InChI=1S/C27H31NO8/c1-5-35-18-12-11-16(14-21(18)34-4)24-23(25(29)22-19(32-2)9-6-10-20(22)33-3)26(30)27(31)28(24)15-17-8-7-13-36-17/h6,9-12,14,17,24,29H,5,7-8,13,15H2,1-4H3/b25-23+. The average molecular weight is 498 g/mol. The van der Waals surface area contributed by atoms with Gasteiger partial charge in [0.05, 0.1) is 45.7 Å². The minimum Gasteiger partial charge on any atom is -0.506 e. The van der Waals surface area contributed by atoms with Crippen LogP contribution in [-0.4, -0.2) is 68.9 Å². The van der Waals surface area contributed by atoms with Crippen LogP contribution in [0.25, 0.3) is 5.76 Å². The van der Waals surface area contributed by atoms with E-state index >= 15 is 0 Å². The van der Waals surface area contributed by atoms with Crippen molar-refractivity contribution in [3.8, 4) is 23.0 Å². The highest BCUT2D eigenvalue weighted by Crippen LogP contribution is 2.45. The Balaban J connectivity index is 1.91. The van der Waals surface area contributed by atoms with Crippen LogP contribution in [0, 0.1) is 0 Å². The quantitative estimate of drug-likeness (QED) is 0.318. The van der Waals surface area contributed by atoms with Gasteiger partial charge >= 0.3 is 0 Å². The van der Waals surface area contributed by atoms with Crippen LogP contribution in [0.5, 0.6) is 23.0 Å². The van der Waals surface area contributed by atoms with Gasteiger partial charge in [-0.25, -0.2) is 0 Å². The molecule has 0 bridgehead atoms. The Bertz CT molecular complexity index is 1150. The van der Waals surface area contributed by atoms with E-state index in [9.17, 15) is 14.7 Å². The molecule has 2 aromatic rings. The summed E-state index contributed by atoms with van der Waals surface area (Å²) in [4.78, 5) is 28.2. The van der Waals surface area contributed by atoms with E-state index in [1.54, 1.807) is 36.4 Å². The number of rotatable bonds is 9. The molecule has 9 heteroatoms. The van der Waals surface area contributed by atoms with Crippen LogP contribution in [0.4, 0.5) is 0 Å². The predicted molar refractivity (Wildman–Crippen MR) is 132 cm³/mol. The molecule has 2 aliphatic rings. The van der Waals surface area contributed by atoms with Crippen molar-refractivity contribution in [3.63, 3.8) is 0 Å². The molecule has 1 amide bonds. The van der Waals surface area contributed by atoms with Crippen LogP contribution in [0.15, 0.2) is 42.0 Å². The number of amides is 1. The van der Waals surface area contributed by atoms with Gasteiger partial charge in [-0.2, -0.15) is 0 Å². The molecule has 192 valence electrons. The number of ether oxygens (including phenoxy) is 5. The Morgan fingerprint density at radius 2 is 1.72 bits per heavy atom. The number of methoxy groups -OCH3 is 3. The molecule has 2 saturated heterocycles. The minimum absolute atomic E-state index is 0.0630. The average Bonchev–Trinajstić information content (AvgIpc) is 3.50. The van der Waals surface area contributed by atoms with E-state index in [2.05, 4.69) is 0 Å². The zero-order chi connectivity index (χ0) is 25.8. The van der Waals surface area contributed by atoms with E-state index < -0.39 is 17.7 Å². The van der Waals surface area contributed by atoms with E-state index in [0.29, 0.717) is 41.8 Å². The molecule has 2 aromatic carbocycles. The molecule has 1 N–H and O–H groups in total. The number of benzene rings is 2. The van der Waals surface area contributed by atoms with Crippen molar-refractivity contribution >= 4 is 17.4 Å². The zero-order valence-corrected chi connectivity index (χ0v) is 20.9. The van der Waals surface area contributed by atoms with Gasteiger partial charge in [0.25, 0.3) is 11.7 Å². The summed E-state index contributed by atoms with van der Waals surface area (Å²) in [5.41, 5.74) is 0.718. The van der Waals surface area contributed by atoms with Crippen LogP contribution < -0.4 is 18.9 Å². The van der Waals surface area contributed by atoms with Gasteiger partial charge in [0, 0.05) is 13.2 Å². The summed E-state index contributed by atoms with van der Waals surface area (Å²) in [5, 5.41) is 11.5. The second-order valence-corrected chi connectivity index (χ2v) is 8.47. The molecule has 0 saturated carbocycles. The van der Waals surface area contributed by atoms with Crippen molar-refractivity contribution in [2.24, 2.45) is 0 Å². The number of ketones is 1. The van der Waals surface area contributed by atoms with E-state index in [0.717, 1.165) is 12.8 Å². The zero-order valence-electron chi connectivity index (χ0n) is 20.9. The number of hydrogen-bond acceptors (Lipinski definition) is 8. The Morgan fingerprint density at radius 1 is 1.03 bits per heavy atom. The Hall–Kier alpha value is -3.72. The molecular weight excluding hydrogens is 466 g/mol. The van der Waals surface area contributed by atoms with Gasteiger partial charge in [-0.05, 0) is 49.6 Å². The second-order valence-electron chi connectivity index (χ2n) is 8.47. The maximum Gasteiger partial charge on any atom is 0.295 e. The Labute approximate surface area is 210 Å². The van der Waals surface area contributed by atoms with Crippen molar-refractivity contribution in [3.05, 3.63) is 53.1 Å². The third-order valence-corrected chi connectivity index (χ3v) is 6.43. The number of nitrogens with zero attached hydrogens (tertiary/aromatic N) is 1. The van der Waals surface area contributed by atoms with E-state index in [1.807, 2.05) is 6.92 Å². The first-order valence-corrected chi connectivity index (χ1v) is 11.9. The number of aliphatic hydroxyl groups is 1. The monoisotopic (exact) mass is 497 g/mol. The molecule has 0 aromatic heterocycles. The van der Waals surface area contributed by atoms with Gasteiger partial charge in [-0.15, -0.1) is 0 Å². The fourth-order valence-corrected chi connectivity index (χ4v) is 4.77. The number of likely N-dealkylation sites (tertiary alicyclic amines) is 1. The highest BCUT2D eigenvalue weighted by atomic mass is 16.5. The maximum atomic E-state index is 13.4. The summed E-state index contributed by atoms with van der Waals surface area (Å²) in [6.07, 6.45) is 1.47. The lowest BCUT2D eigenvalue weighted by atomic mass is 9.94. The molecule has 0 aliphatic carbocycles. The summed E-state index contributed by atoms with van der Waals surface area (Å²) >= 11 is 0. The lowest BCUT2D eigenvalue weighted by Crippen LogP contribution is -2.36. The molecule has 2 heterocycles. The van der Waals surface area contributed by atoms with Gasteiger partial charge in [0.2, 0.25) is 0 Å². The maximum absolute atomic E-state index is 13.4. The fraction of sp³-hybridized carbons (Fsp3) is 0.407. The number of carbonyl (C=O) groups is 2. The van der Waals surface area contributed by atoms with Crippen molar-refractivity contribution < 1.29 is 38.4 Å². The van der Waals surface area contributed by atoms with Gasteiger partial charge < -0.3 is 33.7 Å². The van der Waals surface area contributed by atoms with Crippen LogP contribution in [-0.2, 0) is 14.3 Å². The fourth-order valence-electron chi connectivity index (χ4n) is 4.77. The first kappa shape index (κ1) is 25.4. The molecule has 2 atom stereocenters. The molecule has 36 heavy (non-hydrogen) atoms. The third kappa shape index (κ3) is 4.58. The lowest BCUT2D eigenvalue weighted by Gasteiger charge is -2.28. The van der Waals surface area contributed by atoms with Gasteiger partial charge in [-0.3, -0.25) is 9.59 Å². The Kier molecular flexibility index (Phi) is 7.69. The first-order chi connectivity index (χ1) is 17.4. The van der Waals surface area contributed by atoms with Crippen molar-refractivity contribution in [1.29, 1.82) is 0 Å². The number of hydrogen-bond donors (Lipinski definition) is 1. The van der Waals surface area contributed by atoms with Crippen molar-refractivity contribution in [2.45, 2.75) is 31.9 Å². The molecule has 9 nitrogen and oxygen atoms in total. The highest BCUT2D eigenvalue weighted by Gasteiger charge is 2.47. The number of carbonyl (C=O) groups excluding carboxylic acids is 2. The van der Waals surface area contributed by atoms with Crippen LogP contribution in [0.1, 0.15) is 36.9 Å². The van der Waals surface area contributed by atoms with Gasteiger partial charge in [-0.1, -0.05) is 12.1 Å².